The molecule has 0 bridgehead atoms. The molecule has 1 aliphatic rings. The molecule has 0 radical (unpaired) electrons. The number of amides is 1. The minimum absolute atomic E-state index is 0.0587. The Kier molecular flexibility index (Phi) is 3.82. The summed E-state index contributed by atoms with van der Waals surface area (Å²) in [5.41, 5.74) is 3.12. The highest BCUT2D eigenvalue weighted by atomic mass is 16.1. The third kappa shape index (κ3) is 3.27. The van der Waals surface area contributed by atoms with Gasteiger partial charge in [-0.05, 0) is 42.4 Å². The summed E-state index contributed by atoms with van der Waals surface area (Å²) in [7, 11) is 0. The van der Waals surface area contributed by atoms with Crippen LogP contribution in [0.1, 0.15) is 34.3 Å². The fourth-order valence-corrected chi connectivity index (χ4v) is 2.37. The molecule has 0 aliphatic heterocycles. The van der Waals surface area contributed by atoms with Gasteiger partial charge >= 0.3 is 0 Å². The summed E-state index contributed by atoms with van der Waals surface area (Å²) in [6, 6.07) is 18.2. The highest BCUT2D eigenvalue weighted by Gasteiger charge is 2.22. The van der Waals surface area contributed by atoms with Gasteiger partial charge in [-0.2, -0.15) is 0 Å². The Labute approximate surface area is 119 Å². The molecule has 0 unspecified atom stereocenters. The molecule has 2 nitrogen and oxygen atoms in total. The lowest BCUT2D eigenvalue weighted by Gasteiger charge is -2.10. The van der Waals surface area contributed by atoms with Crippen molar-refractivity contribution >= 4 is 5.91 Å². The van der Waals surface area contributed by atoms with Crippen molar-refractivity contribution in [1.82, 2.24) is 5.32 Å². The van der Waals surface area contributed by atoms with Gasteiger partial charge in [-0.3, -0.25) is 4.79 Å². The van der Waals surface area contributed by atoms with Crippen LogP contribution in [0.3, 0.4) is 0 Å². The monoisotopic (exact) mass is 265 g/mol. The molecule has 2 aromatic carbocycles. The van der Waals surface area contributed by atoms with Gasteiger partial charge in [-0.25, -0.2) is 0 Å². The van der Waals surface area contributed by atoms with E-state index in [2.05, 4.69) is 17.4 Å². The second kappa shape index (κ2) is 5.91. The fraction of sp³-hybridized carbons (Fsp3) is 0.278. The second-order valence-corrected chi connectivity index (χ2v) is 5.47. The lowest BCUT2D eigenvalue weighted by molar-refractivity contribution is 0.0951. The van der Waals surface area contributed by atoms with Gasteiger partial charge in [0.05, 0.1) is 0 Å². The van der Waals surface area contributed by atoms with Crippen molar-refractivity contribution in [3.8, 4) is 0 Å². The normalized spacial score (nSPS) is 14.0. The highest BCUT2D eigenvalue weighted by molar-refractivity contribution is 5.95. The maximum Gasteiger partial charge on any atom is 0.251 e. The Hall–Kier alpha value is -2.09. The number of nitrogens with one attached hydrogen (secondary N) is 1. The second-order valence-electron chi connectivity index (χ2n) is 5.47. The summed E-state index contributed by atoms with van der Waals surface area (Å²) in [5, 5.41) is 3.05. The molecule has 102 valence electrons. The van der Waals surface area contributed by atoms with Crippen LogP contribution >= 0.6 is 0 Å². The molecule has 0 heterocycles. The van der Waals surface area contributed by atoms with E-state index in [1.165, 1.54) is 18.4 Å². The van der Waals surface area contributed by atoms with Crippen LogP contribution in [0.15, 0.2) is 54.6 Å². The zero-order chi connectivity index (χ0) is 13.8. The summed E-state index contributed by atoms with van der Waals surface area (Å²) in [6.07, 6.45) is 3.31. The molecule has 1 N–H and O–H groups in total. The Morgan fingerprint density at radius 3 is 2.45 bits per heavy atom. The van der Waals surface area contributed by atoms with E-state index in [-0.39, 0.29) is 5.91 Å². The lowest BCUT2D eigenvalue weighted by atomic mass is 9.99. The van der Waals surface area contributed by atoms with Crippen LogP contribution in [-0.2, 0) is 6.42 Å². The van der Waals surface area contributed by atoms with Crippen molar-refractivity contribution in [3.05, 3.63) is 71.3 Å². The fourth-order valence-electron chi connectivity index (χ4n) is 2.37. The molecule has 2 aromatic rings. The van der Waals surface area contributed by atoms with Crippen molar-refractivity contribution in [2.75, 3.05) is 6.54 Å². The standard InChI is InChI=1S/C18H19NO/c20-18(19-13-15-10-11-15)17-9-5-4-8-16(17)12-14-6-2-1-3-7-14/h1-9,15H,10-13H2,(H,19,20). The summed E-state index contributed by atoms with van der Waals surface area (Å²) in [4.78, 5) is 12.3. The summed E-state index contributed by atoms with van der Waals surface area (Å²) in [6.45, 7) is 0.818. The first-order valence-electron chi connectivity index (χ1n) is 7.23. The SMILES string of the molecule is O=C(NCC1CC1)c1ccccc1Cc1ccccc1. The number of rotatable bonds is 5. The number of carbonyl (C=O) groups is 1. The van der Waals surface area contributed by atoms with Crippen LogP contribution in [0.2, 0.25) is 0 Å². The highest BCUT2D eigenvalue weighted by Crippen LogP contribution is 2.27. The molecular formula is C18H19NO. The van der Waals surface area contributed by atoms with Gasteiger partial charge in [0.15, 0.2) is 0 Å². The average molecular weight is 265 g/mol. The third-order valence-corrected chi connectivity index (χ3v) is 3.75. The average Bonchev–Trinajstić information content (AvgIpc) is 3.31. The van der Waals surface area contributed by atoms with Crippen LogP contribution in [0.4, 0.5) is 0 Å². The van der Waals surface area contributed by atoms with E-state index in [9.17, 15) is 4.79 Å². The molecular weight excluding hydrogens is 246 g/mol. The minimum atomic E-state index is 0.0587. The van der Waals surface area contributed by atoms with E-state index in [1.54, 1.807) is 0 Å². The lowest BCUT2D eigenvalue weighted by Crippen LogP contribution is -2.26. The van der Waals surface area contributed by atoms with Gasteiger partial charge in [0, 0.05) is 12.1 Å². The molecule has 2 heteroatoms. The van der Waals surface area contributed by atoms with Crippen molar-refractivity contribution in [3.63, 3.8) is 0 Å². The zero-order valence-corrected chi connectivity index (χ0v) is 11.5. The van der Waals surface area contributed by atoms with Gasteiger partial charge in [-0.1, -0.05) is 48.5 Å². The minimum Gasteiger partial charge on any atom is -0.352 e. The molecule has 1 saturated carbocycles. The van der Waals surface area contributed by atoms with Crippen molar-refractivity contribution in [2.24, 2.45) is 5.92 Å². The van der Waals surface area contributed by atoms with E-state index < -0.39 is 0 Å². The predicted octanol–water partition coefficient (Wildman–Crippen LogP) is 3.42. The molecule has 0 spiro atoms. The maximum absolute atomic E-state index is 12.3. The molecule has 1 fully saturated rings. The summed E-state index contributed by atoms with van der Waals surface area (Å²) < 4.78 is 0. The maximum atomic E-state index is 12.3. The largest absolute Gasteiger partial charge is 0.352 e. The Bertz CT molecular complexity index is 587. The summed E-state index contributed by atoms with van der Waals surface area (Å²) in [5.74, 6) is 0.767. The van der Waals surface area contributed by atoms with E-state index in [0.29, 0.717) is 5.92 Å². The van der Waals surface area contributed by atoms with Crippen LogP contribution in [-0.4, -0.2) is 12.5 Å². The van der Waals surface area contributed by atoms with Gasteiger partial charge in [0.1, 0.15) is 0 Å². The van der Waals surface area contributed by atoms with E-state index in [0.717, 1.165) is 24.1 Å². The van der Waals surface area contributed by atoms with Gasteiger partial charge in [0.25, 0.3) is 5.91 Å². The van der Waals surface area contributed by atoms with Gasteiger partial charge in [-0.15, -0.1) is 0 Å². The number of benzene rings is 2. The first kappa shape index (κ1) is 12.9. The Balaban J connectivity index is 1.74. The zero-order valence-electron chi connectivity index (χ0n) is 11.5. The Morgan fingerprint density at radius 2 is 1.70 bits per heavy atom. The van der Waals surface area contributed by atoms with Gasteiger partial charge < -0.3 is 5.32 Å². The molecule has 0 aromatic heterocycles. The van der Waals surface area contributed by atoms with Crippen molar-refractivity contribution in [1.29, 1.82) is 0 Å². The molecule has 1 amide bonds. The molecule has 3 rings (SSSR count). The van der Waals surface area contributed by atoms with Crippen LogP contribution < -0.4 is 5.32 Å². The molecule has 0 saturated heterocycles. The van der Waals surface area contributed by atoms with E-state index in [4.69, 9.17) is 0 Å². The first-order chi connectivity index (χ1) is 9.83. The quantitative estimate of drug-likeness (QED) is 0.882. The predicted molar refractivity (Wildman–Crippen MR) is 80.7 cm³/mol. The first-order valence-corrected chi connectivity index (χ1v) is 7.23. The van der Waals surface area contributed by atoms with Crippen molar-refractivity contribution < 1.29 is 4.79 Å². The van der Waals surface area contributed by atoms with Crippen LogP contribution in [0.5, 0.6) is 0 Å². The van der Waals surface area contributed by atoms with Crippen LogP contribution in [0, 0.1) is 5.92 Å². The molecule has 1 aliphatic carbocycles. The Morgan fingerprint density at radius 1 is 1.00 bits per heavy atom. The molecule has 0 atom stereocenters. The molecule has 20 heavy (non-hydrogen) atoms. The number of hydrogen-bond acceptors (Lipinski definition) is 1. The number of hydrogen-bond donors (Lipinski definition) is 1. The smallest absolute Gasteiger partial charge is 0.251 e. The van der Waals surface area contributed by atoms with E-state index in [1.807, 2.05) is 42.5 Å². The summed E-state index contributed by atoms with van der Waals surface area (Å²) >= 11 is 0. The van der Waals surface area contributed by atoms with Gasteiger partial charge in [0.2, 0.25) is 0 Å². The van der Waals surface area contributed by atoms with Crippen molar-refractivity contribution in [2.45, 2.75) is 19.3 Å². The third-order valence-electron chi connectivity index (χ3n) is 3.75. The van der Waals surface area contributed by atoms with Crippen LogP contribution in [0.25, 0.3) is 0 Å². The van der Waals surface area contributed by atoms with E-state index >= 15 is 0 Å². The topological polar surface area (TPSA) is 29.1 Å². The number of carbonyl (C=O) groups excluding carboxylic acids is 1.